The van der Waals surface area contributed by atoms with Crippen molar-refractivity contribution in [3.8, 4) is 0 Å². The lowest BCUT2D eigenvalue weighted by Gasteiger charge is -2.14. The van der Waals surface area contributed by atoms with Gasteiger partial charge < -0.3 is 4.90 Å². The second kappa shape index (κ2) is 2.62. The van der Waals surface area contributed by atoms with Gasteiger partial charge in [-0.2, -0.15) is 5.10 Å². The van der Waals surface area contributed by atoms with Gasteiger partial charge in [-0.1, -0.05) is 0 Å². The lowest BCUT2D eigenvalue weighted by molar-refractivity contribution is 0.767. The predicted octanol–water partition coefficient (Wildman–Crippen LogP) is 0.998. The summed E-state index contributed by atoms with van der Waals surface area (Å²) < 4.78 is 1.76. The smallest absolute Gasteiger partial charge is 0.100 e. The molecule has 0 spiro atoms. The van der Waals surface area contributed by atoms with Gasteiger partial charge >= 0.3 is 0 Å². The standard InChI is InChI=1S/C8H12N4/c1-11-6-7(5-10-11)12-4-2-3-8(12)9/h5-6,9H,2-4H2,1H3. The van der Waals surface area contributed by atoms with Crippen LogP contribution in [0.2, 0.25) is 0 Å². The Morgan fingerprint density at radius 3 is 2.92 bits per heavy atom. The van der Waals surface area contributed by atoms with Crippen LogP contribution >= 0.6 is 0 Å². The quantitative estimate of drug-likeness (QED) is 0.673. The minimum atomic E-state index is 0.711. The molecule has 0 bridgehead atoms. The van der Waals surface area contributed by atoms with Crippen molar-refractivity contribution in [2.24, 2.45) is 7.05 Å². The Balaban J connectivity index is 2.24. The molecular weight excluding hydrogens is 152 g/mol. The molecule has 0 atom stereocenters. The zero-order chi connectivity index (χ0) is 8.55. The van der Waals surface area contributed by atoms with Gasteiger partial charge in [0.15, 0.2) is 0 Å². The average Bonchev–Trinajstić information content (AvgIpc) is 2.58. The first-order valence-corrected chi connectivity index (χ1v) is 4.11. The lowest BCUT2D eigenvalue weighted by atomic mass is 10.4. The molecule has 0 amide bonds. The van der Waals surface area contributed by atoms with Crippen LogP contribution in [0.1, 0.15) is 12.8 Å². The number of amidine groups is 1. The minimum Gasteiger partial charge on any atom is -0.328 e. The van der Waals surface area contributed by atoms with E-state index in [9.17, 15) is 0 Å². The number of anilines is 1. The van der Waals surface area contributed by atoms with E-state index < -0.39 is 0 Å². The zero-order valence-corrected chi connectivity index (χ0v) is 7.12. The van der Waals surface area contributed by atoms with E-state index >= 15 is 0 Å². The van der Waals surface area contributed by atoms with E-state index in [1.54, 1.807) is 10.9 Å². The molecule has 0 aromatic carbocycles. The summed E-state index contributed by atoms with van der Waals surface area (Å²) in [4.78, 5) is 2.01. The third kappa shape index (κ3) is 1.09. The van der Waals surface area contributed by atoms with Crippen molar-refractivity contribution >= 4 is 11.5 Å². The van der Waals surface area contributed by atoms with Gasteiger partial charge in [-0.05, 0) is 6.42 Å². The van der Waals surface area contributed by atoms with Crippen molar-refractivity contribution < 1.29 is 0 Å². The molecule has 1 aliphatic rings. The van der Waals surface area contributed by atoms with Gasteiger partial charge in [-0.15, -0.1) is 0 Å². The largest absolute Gasteiger partial charge is 0.328 e. The number of aromatic nitrogens is 2. The number of nitrogens with zero attached hydrogens (tertiary/aromatic N) is 3. The Labute approximate surface area is 71.3 Å². The van der Waals surface area contributed by atoms with E-state index in [0.29, 0.717) is 5.84 Å². The molecule has 12 heavy (non-hydrogen) atoms. The van der Waals surface area contributed by atoms with E-state index in [2.05, 4.69) is 5.10 Å². The van der Waals surface area contributed by atoms with Crippen LogP contribution in [0.5, 0.6) is 0 Å². The third-order valence-corrected chi connectivity index (χ3v) is 2.12. The van der Waals surface area contributed by atoms with E-state index in [1.807, 2.05) is 18.1 Å². The fourth-order valence-corrected chi connectivity index (χ4v) is 1.51. The molecule has 1 aromatic heterocycles. The molecule has 0 aliphatic carbocycles. The fourth-order valence-electron chi connectivity index (χ4n) is 1.51. The topological polar surface area (TPSA) is 44.9 Å². The first-order valence-electron chi connectivity index (χ1n) is 4.11. The molecule has 0 saturated carbocycles. The molecule has 1 aliphatic heterocycles. The molecule has 64 valence electrons. The van der Waals surface area contributed by atoms with Crippen LogP contribution in [-0.4, -0.2) is 22.2 Å². The molecule has 4 heteroatoms. The number of aryl methyl sites for hydroxylation is 1. The molecule has 2 rings (SSSR count). The summed E-state index contributed by atoms with van der Waals surface area (Å²) in [5.74, 6) is 0.711. The van der Waals surface area contributed by atoms with Crippen LogP contribution in [0.4, 0.5) is 5.69 Å². The van der Waals surface area contributed by atoms with E-state index in [4.69, 9.17) is 5.41 Å². The summed E-state index contributed by atoms with van der Waals surface area (Å²) in [7, 11) is 1.89. The molecule has 0 unspecified atom stereocenters. The van der Waals surface area contributed by atoms with Gasteiger partial charge in [0.25, 0.3) is 0 Å². The lowest BCUT2D eigenvalue weighted by Crippen LogP contribution is -2.22. The van der Waals surface area contributed by atoms with Crippen molar-refractivity contribution in [2.75, 3.05) is 11.4 Å². The van der Waals surface area contributed by atoms with Crippen molar-refractivity contribution in [1.82, 2.24) is 9.78 Å². The van der Waals surface area contributed by atoms with Crippen LogP contribution < -0.4 is 4.90 Å². The third-order valence-electron chi connectivity index (χ3n) is 2.12. The van der Waals surface area contributed by atoms with Crippen molar-refractivity contribution in [3.63, 3.8) is 0 Å². The number of hydrogen-bond acceptors (Lipinski definition) is 2. The molecule has 1 aromatic rings. The maximum Gasteiger partial charge on any atom is 0.100 e. The highest BCUT2D eigenvalue weighted by Gasteiger charge is 2.18. The molecule has 1 N–H and O–H groups in total. The van der Waals surface area contributed by atoms with Crippen LogP contribution in [0.15, 0.2) is 12.4 Å². The summed E-state index contributed by atoms with van der Waals surface area (Å²) in [6, 6.07) is 0. The Kier molecular flexibility index (Phi) is 1.60. The Hall–Kier alpha value is -1.32. The second-order valence-electron chi connectivity index (χ2n) is 3.07. The van der Waals surface area contributed by atoms with Crippen LogP contribution in [0, 0.1) is 5.41 Å². The SMILES string of the molecule is Cn1cc(N2CCCC2=N)cn1. The monoisotopic (exact) mass is 164 g/mol. The summed E-state index contributed by atoms with van der Waals surface area (Å²) >= 11 is 0. The highest BCUT2D eigenvalue weighted by Crippen LogP contribution is 2.19. The first-order chi connectivity index (χ1) is 5.77. The maximum atomic E-state index is 7.64. The molecular formula is C8H12N4. The molecule has 1 saturated heterocycles. The summed E-state index contributed by atoms with van der Waals surface area (Å²) in [6.45, 7) is 0.963. The average molecular weight is 164 g/mol. The zero-order valence-electron chi connectivity index (χ0n) is 7.12. The molecule has 0 radical (unpaired) electrons. The van der Waals surface area contributed by atoms with Gasteiger partial charge in [-0.3, -0.25) is 10.1 Å². The van der Waals surface area contributed by atoms with Gasteiger partial charge in [0.2, 0.25) is 0 Å². The van der Waals surface area contributed by atoms with Gasteiger partial charge in [0.05, 0.1) is 11.9 Å². The molecule has 4 nitrogen and oxygen atoms in total. The Morgan fingerprint density at radius 2 is 2.42 bits per heavy atom. The van der Waals surface area contributed by atoms with Gasteiger partial charge in [0, 0.05) is 26.2 Å². The highest BCUT2D eigenvalue weighted by molar-refractivity contribution is 5.97. The maximum absolute atomic E-state index is 7.64. The van der Waals surface area contributed by atoms with E-state index in [-0.39, 0.29) is 0 Å². The van der Waals surface area contributed by atoms with Crippen LogP contribution in [0.25, 0.3) is 0 Å². The van der Waals surface area contributed by atoms with Gasteiger partial charge in [0.1, 0.15) is 5.84 Å². The number of hydrogen-bond donors (Lipinski definition) is 1. The van der Waals surface area contributed by atoms with E-state index in [1.165, 1.54) is 0 Å². The Bertz CT molecular complexity index is 302. The summed E-state index contributed by atoms with van der Waals surface area (Å²) in [5, 5.41) is 11.7. The normalized spacial score (nSPS) is 17.4. The summed E-state index contributed by atoms with van der Waals surface area (Å²) in [5.41, 5.74) is 1.04. The van der Waals surface area contributed by atoms with Gasteiger partial charge in [-0.25, -0.2) is 0 Å². The minimum absolute atomic E-state index is 0.711. The van der Waals surface area contributed by atoms with Crippen molar-refractivity contribution in [3.05, 3.63) is 12.4 Å². The van der Waals surface area contributed by atoms with Crippen molar-refractivity contribution in [2.45, 2.75) is 12.8 Å². The van der Waals surface area contributed by atoms with E-state index in [0.717, 1.165) is 25.1 Å². The van der Waals surface area contributed by atoms with Crippen molar-refractivity contribution in [1.29, 1.82) is 5.41 Å². The van der Waals surface area contributed by atoms with Crippen LogP contribution in [-0.2, 0) is 7.05 Å². The highest BCUT2D eigenvalue weighted by atomic mass is 15.3. The first kappa shape index (κ1) is 7.34. The predicted molar refractivity (Wildman–Crippen MR) is 47.5 cm³/mol. The Morgan fingerprint density at radius 1 is 1.58 bits per heavy atom. The molecule has 1 fully saturated rings. The van der Waals surface area contributed by atoms with Crippen LogP contribution in [0.3, 0.4) is 0 Å². The molecule has 2 heterocycles. The summed E-state index contributed by atoms with van der Waals surface area (Å²) in [6.07, 6.45) is 5.74. The fraction of sp³-hybridized carbons (Fsp3) is 0.500. The second-order valence-corrected chi connectivity index (χ2v) is 3.07. The number of rotatable bonds is 1. The number of nitrogens with one attached hydrogen (secondary N) is 1.